The second kappa shape index (κ2) is 4.37. The molecule has 0 aliphatic rings. The Balaban J connectivity index is 2.62. The van der Waals surface area contributed by atoms with E-state index in [0.717, 1.165) is 11.0 Å². The first kappa shape index (κ1) is 11.3. The number of fused-ring (bicyclic) bond motifs is 1. The summed E-state index contributed by atoms with van der Waals surface area (Å²) in [5.74, 6) is 0. The molecule has 2 rings (SSSR count). The zero-order valence-electron chi connectivity index (χ0n) is 9.75. The highest BCUT2D eigenvalue weighted by atomic mass is 16.1. The highest BCUT2D eigenvalue weighted by Crippen LogP contribution is 2.08. The minimum Gasteiger partial charge on any atom is -0.342 e. The molecule has 5 heteroatoms. The van der Waals surface area contributed by atoms with Crippen LogP contribution in [0.5, 0.6) is 0 Å². The van der Waals surface area contributed by atoms with E-state index in [-0.39, 0.29) is 12.1 Å². The standard InChI is InChI=1S/C12H13N3O2/c1-14(8-16)7-10-12(17)15(2)11-6-4-3-5-9(11)13-10/h3-6,8H,7H2,1-2H3. The lowest BCUT2D eigenvalue weighted by Crippen LogP contribution is -2.28. The summed E-state index contributed by atoms with van der Waals surface area (Å²) in [5, 5.41) is 0. The zero-order valence-corrected chi connectivity index (χ0v) is 9.75. The number of rotatable bonds is 3. The fourth-order valence-electron chi connectivity index (χ4n) is 1.72. The minimum atomic E-state index is -0.169. The number of aryl methyl sites for hydroxylation is 1. The highest BCUT2D eigenvalue weighted by molar-refractivity contribution is 5.74. The van der Waals surface area contributed by atoms with Crippen molar-refractivity contribution >= 4 is 17.4 Å². The Hall–Kier alpha value is -2.17. The van der Waals surface area contributed by atoms with E-state index in [1.54, 1.807) is 18.7 Å². The van der Waals surface area contributed by atoms with Crippen molar-refractivity contribution in [1.29, 1.82) is 0 Å². The SMILES string of the molecule is CN(C=O)Cc1nc2ccccc2n(C)c1=O. The maximum Gasteiger partial charge on any atom is 0.274 e. The van der Waals surface area contributed by atoms with Gasteiger partial charge in [-0.25, -0.2) is 4.98 Å². The Morgan fingerprint density at radius 2 is 2.12 bits per heavy atom. The number of benzene rings is 1. The molecule has 5 nitrogen and oxygen atoms in total. The van der Waals surface area contributed by atoms with Crippen molar-refractivity contribution < 1.29 is 4.79 Å². The Morgan fingerprint density at radius 3 is 2.82 bits per heavy atom. The van der Waals surface area contributed by atoms with Crippen LogP contribution in [0.25, 0.3) is 11.0 Å². The molecule has 1 heterocycles. The molecule has 1 aromatic carbocycles. The van der Waals surface area contributed by atoms with Crippen molar-refractivity contribution in [1.82, 2.24) is 14.5 Å². The number of para-hydroxylation sites is 2. The van der Waals surface area contributed by atoms with E-state index < -0.39 is 0 Å². The van der Waals surface area contributed by atoms with Gasteiger partial charge in [0.15, 0.2) is 0 Å². The Labute approximate surface area is 98.3 Å². The first-order chi connectivity index (χ1) is 8.13. The molecule has 17 heavy (non-hydrogen) atoms. The van der Waals surface area contributed by atoms with E-state index in [0.29, 0.717) is 12.1 Å². The number of aromatic nitrogens is 2. The molecule has 0 spiro atoms. The van der Waals surface area contributed by atoms with Crippen molar-refractivity contribution in [2.24, 2.45) is 7.05 Å². The molecule has 0 unspecified atom stereocenters. The number of hydrogen-bond acceptors (Lipinski definition) is 3. The normalized spacial score (nSPS) is 10.5. The summed E-state index contributed by atoms with van der Waals surface area (Å²) in [7, 11) is 3.32. The highest BCUT2D eigenvalue weighted by Gasteiger charge is 2.09. The molecule has 0 aliphatic heterocycles. The van der Waals surface area contributed by atoms with Crippen LogP contribution in [0.2, 0.25) is 0 Å². The smallest absolute Gasteiger partial charge is 0.274 e. The van der Waals surface area contributed by atoms with Crippen molar-refractivity contribution in [3.63, 3.8) is 0 Å². The Kier molecular flexibility index (Phi) is 2.91. The first-order valence-corrected chi connectivity index (χ1v) is 5.23. The van der Waals surface area contributed by atoms with E-state index in [4.69, 9.17) is 0 Å². The van der Waals surface area contributed by atoms with E-state index in [9.17, 15) is 9.59 Å². The number of carbonyl (C=O) groups excluding carboxylic acids is 1. The minimum absolute atomic E-state index is 0.169. The largest absolute Gasteiger partial charge is 0.342 e. The Bertz CT molecular complexity index is 619. The molecule has 0 radical (unpaired) electrons. The fourth-order valence-corrected chi connectivity index (χ4v) is 1.72. The molecule has 2 aromatic rings. The van der Waals surface area contributed by atoms with E-state index in [1.165, 1.54) is 4.90 Å². The van der Waals surface area contributed by atoms with Crippen molar-refractivity contribution in [2.75, 3.05) is 7.05 Å². The zero-order chi connectivity index (χ0) is 12.4. The van der Waals surface area contributed by atoms with Crippen molar-refractivity contribution in [3.8, 4) is 0 Å². The maximum absolute atomic E-state index is 12.0. The summed E-state index contributed by atoms with van der Waals surface area (Å²) in [6.45, 7) is 0.223. The number of carbonyl (C=O) groups is 1. The van der Waals surface area contributed by atoms with Crippen LogP contribution in [0, 0.1) is 0 Å². The van der Waals surface area contributed by atoms with Crippen molar-refractivity contribution in [3.05, 3.63) is 40.3 Å². The predicted molar refractivity (Wildman–Crippen MR) is 64.5 cm³/mol. The summed E-state index contributed by atoms with van der Waals surface area (Å²) in [5.41, 5.74) is 1.75. The van der Waals surface area contributed by atoms with Crippen molar-refractivity contribution in [2.45, 2.75) is 6.54 Å². The van der Waals surface area contributed by atoms with Crippen LogP contribution in [-0.4, -0.2) is 27.9 Å². The van der Waals surface area contributed by atoms with Gasteiger partial charge < -0.3 is 9.47 Å². The van der Waals surface area contributed by atoms with Crippen LogP contribution >= 0.6 is 0 Å². The van der Waals surface area contributed by atoms with Crippen LogP contribution in [-0.2, 0) is 18.4 Å². The lowest BCUT2D eigenvalue weighted by atomic mass is 10.3. The topological polar surface area (TPSA) is 55.2 Å². The number of amides is 1. The molecule has 88 valence electrons. The summed E-state index contributed by atoms with van der Waals surface area (Å²) in [4.78, 5) is 28.2. The second-order valence-corrected chi connectivity index (χ2v) is 3.93. The molecule has 0 aliphatic carbocycles. The molecule has 0 fully saturated rings. The van der Waals surface area contributed by atoms with Gasteiger partial charge in [0, 0.05) is 14.1 Å². The lowest BCUT2D eigenvalue weighted by molar-refractivity contribution is -0.117. The van der Waals surface area contributed by atoms with Gasteiger partial charge in [0.25, 0.3) is 5.56 Å². The molecular weight excluding hydrogens is 218 g/mol. The lowest BCUT2D eigenvalue weighted by Gasteiger charge is -2.11. The van der Waals surface area contributed by atoms with E-state index >= 15 is 0 Å². The quantitative estimate of drug-likeness (QED) is 0.724. The van der Waals surface area contributed by atoms with Gasteiger partial charge in [0.05, 0.1) is 17.6 Å². The van der Waals surface area contributed by atoms with Crippen LogP contribution in [0.1, 0.15) is 5.69 Å². The first-order valence-electron chi connectivity index (χ1n) is 5.23. The van der Waals surface area contributed by atoms with Gasteiger partial charge in [-0.2, -0.15) is 0 Å². The molecule has 0 bridgehead atoms. The van der Waals surface area contributed by atoms with Crippen LogP contribution < -0.4 is 5.56 Å². The molecule has 0 N–H and O–H groups in total. The van der Waals surface area contributed by atoms with Crippen LogP contribution in [0.3, 0.4) is 0 Å². The average Bonchev–Trinajstić information content (AvgIpc) is 2.35. The van der Waals surface area contributed by atoms with Crippen LogP contribution in [0.15, 0.2) is 29.1 Å². The average molecular weight is 231 g/mol. The molecule has 0 saturated carbocycles. The molecule has 1 amide bonds. The number of hydrogen-bond donors (Lipinski definition) is 0. The maximum atomic E-state index is 12.0. The van der Waals surface area contributed by atoms with Gasteiger partial charge in [0.2, 0.25) is 6.41 Å². The van der Waals surface area contributed by atoms with Gasteiger partial charge >= 0.3 is 0 Å². The van der Waals surface area contributed by atoms with Gasteiger partial charge in [-0.15, -0.1) is 0 Å². The molecule has 0 atom stereocenters. The second-order valence-electron chi connectivity index (χ2n) is 3.93. The van der Waals surface area contributed by atoms with E-state index in [1.807, 2.05) is 24.3 Å². The van der Waals surface area contributed by atoms with Gasteiger partial charge in [0.1, 0.15) is 5.69 Å². The Morgan fingerprint density at radius 1 is 1.41 bits per heavy atom. The third-order valence-corrected chi connectivity index (χ3v) is 2.63. The monoisotopic (exact) mass is 231 g/mol. The van der Waals surface area contributed by atoms with E-state index in [2.05, 4.69) is 4.98 Å². The summed E-state index contributed by atoms with van der Waals surface area (Å²) in [6, 6.07) is 7.42. The third kappa shape index (κ3) is 2.04. The van der Waals surface area contributed by atoms with Gasteiger partial charge in [-0.3, -0.25) is 9.59 Å². The number of nitrogens with zero attached hydrogens (tertiary/aromatic N) is 3. The molecule has 1 aromatic heterocycles. The summed E-state index contributed by atoms with van der Waals surface area (Å²) < 4.78 is 1.55. The molecular formula is C12H13N3O2. The van der Waals surface area contributed by atoms with Gasteiger partial charge in [-0.05, 0) is 12.1 Å². The van der Waals surface area contributed by atoms with Gasteiger partial charge in [-0.1, -0.05) is 12.1 Å². The fraction of sp³-hybridized carbons (Fsp3) is 0.250. The third-order valence-electron chi connectivity index (χ3n) is 2.63. The van der Waals surface area contributed by atoms with Crippen LogP contribution in [0.4, 0.5) is 0 Å². The molecule has 0 saturated heterocycles. The predicted octanol–water partition coefficient (Wildman–Crippen LogP) is 0.522. The summed E-state index contributed by atoms with van der Waals surface area (Å²) >= 11 is 0. The summed E-state index contributed by atoms with van der Waals surface area (Å²) in [6.07, 6.45) is 0.677.